The van der Waals surface area contributed by atoms with E-state index in [0.717, 1.165) is 10.6 Å². The molecule has 1 aromatic heterocycles. The van der Waals surface area contributed by atoms with Crippen LogP contribution in [0.3, 0.4) is 0 Å². The zero-order chi connectivity index (χ0) is 12.1. The number of thiophene rings is 1. The summed E-state index contributed by atoms with van der Waals surface area (Å²) in [6.07, 6.45) is 0. The van der Waals surface area contributed by atoms with Crippen LogP contribution in [-0.4, -0.2) is 0 Å². The Bertz CT molecular complexity index is 484. The van der Waals surface area contributed by atoms with E-state index in [0.29, 0.717) is 19.8 Å². The molecule has 0 amide bonds. The lowest BCUT2D eigenvalue weighted by Gasteiger charge is -2.03. The molecule has 0 aliphatic carbocycles. The topological polar surface area (TPSA) is 35.2 Å². The van der Waals surface area contributed by atoms with E-state index in [-0.39, 0.29) is 0 Å². The van der Waals surface area contributed by atoms with Crippen molar-refractivity contribution < 1.29 is 4.74 Å². The standard InChI is InChI=1S/C13H14ClNOS/c14-11-3-1-2-10(6-11)8-16-9-13-5-4-12(7-15)17-13/h1-6H,7-9,15H2. The lowest BCUT2D eigenvalue weighted by atomic mass is 10.2. The van der Waals surface area contributed by atoms with E-state index >= 15 is 0 Å². The number of hydrogen-bond donors (Lipinski definition) is 1. The summed E-state index contributed by atoms with van der Waals surface area (Å²) in [6.45, 7) is 1.80. The van der Waals surface area contributed by atoms with Gasteiger partial charge >= 0.3 is 0 Å². The van der Waals surface area contributed by atoms with E-state index in [4.69, 9.17) is 22.1 Å². The molecule has 4 heteroatoms. The molecule has 0 bridgehead atoms. The van der Waals surface area contributed by atoms with Crippen LogP contribution < -0.4 is 5.73 Å². The van der Waals surface area contributed by atoms with Gasteiger partial charge in [0, 0.05) is 21.3 Å². The zero-order valence-electron chi connectivity index (χ0n) is 9.36. The molecule has 0 spiro atoms. The van der Waals surface area contributed by atoms with E-state index < -0.39 is 0 Å². The Morgan fingerprint density at radius 3 is 2.65 bits per heavy atom. The summed E-state index contributed by atoms with van der Waals surface area (Å²) in [7, 11) is 0. The first-order valence-electron chi connectivity index (χ1n) is 5.38. The zero-order valence-corrected chi connectivity index (χ0v) is 10.9. The summed E-state index contributed by atoms with van der Waals surface area (Å²) in [5, 5.41) is 0.743. The van der Waals surface area contributed by atoms with E-state index in [1.807, 2.05) is 30.3 Å². The van der Waals surface area contributed by atoms with Crippen molar-refractivity contribution in [2.45, 2.75) is 19.8 Å². The van der Waals surface area contributed by atoms with Crippen molar-refractivity contribution in [2.75, 3.05) is 0 Å². The number of halogens is 1. The van der Waals surface area contributed by atoms with Gasteiger partial charge in [-0.05, 0) is 29.8 Å². The largest absolute Gasteiger partial charge is 0.371 e. The van der Waals surface area contributed by atoms with Gasteiger partial charge in [-0.15, -0.1) is 11.3 Å². The number of benzene rings is 1. The third-order valence-corrected chi connectivity index (χ3v) is 3.64. The quantitative estimate of drug-likeness (QED) is 0.899. The third kappa shape index (κ3) is 3.82. The fourth-order valence-corrected chi connectivity index (χ4v) is 2.55. The minimum absolute atomic E-state index is 0.580. The van der Waals surface area contributed by atoms with Gasteiger partial charge in [0.1, 0.15) is 0 Å². The molecular formula is C13H14ClNOS. The molecule has 0 unspecified atom stereocenters. The van der Waals surface area contributed by atoms with Gasteiger partial charge in [-0.1, -0.05) is 23.7 Å². The maximum atomic E-state index is 5.90. The Kier molecular flexibility index (Phi) is 4.57. The second-order valence-electron chi connectivity index (χ2n) is 3.69. The first kappa shape index (κ1) is 12.6. The van der Waals surface area contributed by atoms with Crippen LogP contribution in [0.5, 0.6) is 0 Å². The molecule has 0 saturated heterocycles. The summed E-state index contributed by atoms with van der Waals surface area (Å²) in [6, 6.07) is 11.8. The summed E-state index contributed by atoms with van der Waals surface area (Å²) in [5.41, 5.74) is 6.65. The summed E-state index contributed by atoms with van der Waals surface area (Å²) >= 11 is 7.59. The summed E-state index contributed by atoms with van der Waals surface area (Å²) < 4.78 is 5.63. The molecule has 0 aliphatic rings. The summed E-state index contributed by atoms with van der Waals surface area (Å²) in [5.74, 6) is 0. The molecular weight excluding hydrogens is 254 g/mol. The van der Waals surface area contributed by atoms with Crippen molar-refractivity contribution in [1.29, 1.82) is 0 Å². The molecule has 1 aromatic carbocycles. The predicted molar refractivity (Wildman–Crippen MR) is 72.2 cm³/mol. The van der Waals surface area contributed by atoms with Gasteiger partial charge in [-0.3, -0.25) is 0 Å². The molecule has 0 saturated carbocycles. The van der Waals surface area contributed by atoms with E-state index in [9.17, 15) is 0 Å². The SMILES string of the molecule is NCc1ccc(COCc2cccc(Cl)c2)s1. The Labute approximate surface area is 110 Å². The van der Waals surface area contributed by atoms with Crippen molar-refractivity contribution in [2.24, 2.45) is 5.73 Å². The molecule has 0 fully saturated rings. The molecule has 0 radical (unpaired) electrons. The minimum atomic E-state index is 0.580. The van der Waals surface area contributed by atoms with Crippen LogP contribution in [0.2, 0.25) is 5.02 Å². The molecule has 17 heavy (non-hydrogen) atoms. The Balaban J connectivity index is 1.83. The van der Waals surface area contributed by atoms with Crippen molar-refractivity contribution in [3.63, 3.8) is 0 Å². The first-order chi connectivity index (χ1) is 8.28. The Hall–Kier alpha value is -0.870. The smallest absolute Gasteiger partial charge is 0.0814 e. The minimum Gasteiger partial charge on any atom is -0.371 e. The van der Waals surface area contributed by atoms with Gasteiger partial charge in [0.25, 0.3) is 0 Å². The molecule has 0 atom stereocenters. The van der Waals surface area contributed by atoms with Gasteiger partial charge in [-0.25, -0.2) is 0 Å². The molecule has 1 heterocycles. The van der Waals surface area contributed by atoms with Gasteiger partial charge in [-0.2, -0.15) is 0 Å². The highest BCUT2D eigenvalue weighted by atomic mass is 35.5. The fraction of sp³-hybridized carbons (Fsp3) is 0.231. The highest BCUT2D eigenvalue weighted by molar-refractivity contribution is 7.11. The maximum Gasteiger partial charge on any atom is 0.0814 e. The first-order valence-corrected chi connectivity index (χ1v) is 6.57. The summed E-state index contributed by atoms with van der Waals surface area (Å²) in [4.78, 5) is 2.39. The highest BCUT2D eigenvalue weighted by Crippen LogP contribution is 2.18. The lowest BCUT2D eigenvalue weighted by molar-refractivity contribution is 0.109. The molecule has 90 valence electrons. The van der Waals surface area contributed by atoms with Crippen LogP contribution in [0.4, 0.5) is 0 Å². The van der Waals surface area contributed by atoms with Gasteiger partial charge < -0.3 is 10.5 Å². The normalized spacial score (nSPS) is 10.7. The molecule has 2 aromatic rings. The van der Waals surface area contributed by atoms with E-state index in [2.05, 4.69) is 6.07 Å². The average Bonchev–Trinajstić information content (AvgIpc) is 2.77. The number of hydrogen-bond acceptors (Lipinski definition) is 3. The second kappa shape index (κ2) is 6.17. The van der Waals surface area contributed by atoms with Crippen molar-refractivity contribution in [3.8, 4) is 0 Å². The van der Waals surface area contributed by atoms with Crippen LogP contribution in [0.1, 0.15) is 15.3 Å². The average molecular weight is 268 g/mol. The number of nitrogens with two attached hydrogens (primary N) is 1. The molecule has 0 aliphatic heterocycles. The van der Waals surface area contributed by atoms with Crippen LogP contribution in [0.25, 0.3) is 0 Å². The molecule has 2 N–H and O–H groups in total. The van der Waals surface area contributed by atoms with Crippen molar-refractivity contribution in [3.05, 3.63) is 56.7 Å². The van der Waals surface area contributed by atoms with Crippen LogP contribution >= 0.6 is 22.9 Å². The van der Waals surface area contributed by atoms with Gasteiger partial charge in [0.05, 0.1) is 13.2 Å². The van der Waals surface area contributed by atoms with Crippen LogP contribution in [0, 0.1) is 0 Å². The highest BCUT2D eigenvalue weighted by Gasteiger charge is 2.00. The Morgan fingerprint density at radius 1 is 1.12 bits per heavy atom. The van der Waals surface area contributed by atoms with Crippen LogP contribution in [0.15, 0.2) is 36.4 Å². The van der Waals surface area contributed by atoms with Crippen molar-refractivity contribution in [1.82, 2.24) is 0 Å². The van der Waals surface area contributed by atoms with Crippen LogP contribution in [-0.2, 0) is 24.5 Å². The molecule has 2 nitrogen and oxygen atoms in total. The van der Waals surface area contributed by atoms with E-state index in [1.165, 1.54) is 9.75 Å². The third-order valence-electron chi connectivity index (χ3n) is 2.32. The monoisotopic (exact) mass is 267 g/mol. The van der Waals surface area contributed by atoms with Crippen molar-refractivity contribution >= 4 is 22.9 Å². The number of ether oxygens (including phenoxy) is 1. The maximum absolute atomic E-state index is 5.90. The fourth-order valence-electron chi connectivity index (χ4n) is 1.51. The molecule has 2 rings (SSSR count). The number of rotatable bonds is 5. The van der Waals surface area contributed by atoms with E-state index in [1.54, 1.807) is 11.3 Å². The Morgan fingerprint density at radius 2 is 1.94 bits per heavy atom. The second-order valence-corrected chi connectivity index (χ2v) is 5.38. The lowest BCUT2D eigenvalue weighted by Crippen LogP contribution is -1.92. The van der Waals surface area contributed by atoms with Gasteiger partial charge in [0.2, 0.25) is 0 Å². The van der Waals surface area contributed by atoms with Gasteiger partial charge in [0.15, 0.2) is 0 Å². The predicted octanol–water partition coefficient (Wildman–Crippen LogP) is 3.58.